The number of amides is 1. The van der Waals surface area contributed by atoms with E-state index in [0.29, 0.717) is 13.1 Å². The molecule has 1 heterocycles. The molecule has 1 N–H and O–H groups in total. The lowest BCUT2D eigenvalue weighted by Crippen LogP contribution is -2.54. The highest BCUT2D eigenvalue weighted by atomic mass is 16.7. The molecule has 0 saturated carbocycles. The predicted octanol–water partition coefficient (Wildman–Crippen LogP) is 0.168. The largest absolute Gasteiger partial charge is 0.367 e. The molecule has 0 unspecified atom stereocenters. The van der Waals surface area contributed by atoms with Crippen LogP contribution in [0.1, 0.15) is 20.8 Å². The second-order valence-corrected chi connectivity index (χ2v) is 4.79. The van der Waals surface area contributed by atoms with Crippen molar-refractivity contribution in [3.8, 4) is 0 Å². The van der Waals surface area contributed by atoms with Crippen molar-refractivity contribution in [3.63, 3.8) is 0 Å². The minimum atomic E-state index is -0.502. The molecule has 1 saturated heterocycles. The fourth-order valence-corrected chi connectivity index (χ4v) is 1.14. The van der Waals surface area contributed by atoms with Crippen molar-refractivity contribution < 1.29 is 14.4 Å². The van der Waals surface area contributed by atoms with Gasteiger partial charge in [-0.1, -0.05) is 0 Å². The molecule has 1 rings (SSSR count). The second kappa shape index (κ2) is 4.18. The highest BCUT2D eigenvalue weighted by molar-refractivity contribution is 5.80. The number of hydroxylamine groups is 2. The van der Waals surface area contributed by atoms with Gasteiger partial charge in [-0.05, 0) is 20.8 Å². The molecular weight excluding hydrogens is 196 g/mol. The Kier molecular flexibility index (Phi) is 3.34. The summed E-state index contributed by atoms with van der Waals surface area (Å²) in [5.74, 6) is -0.321. The van der Waals surface area contributed by atoms with Gasteiger partial charge in [-0.3, -0.25) is 4.79 Å². The number of carbonyl (C=O) groups is 2. The lowest BCUT2D eigenvalue weighted by molar-refractivity contribution is -0.227. The van der Waals surface area contributed by atoms with E-state index >= 15 is 0 Å². The molecular formula is C10H18N2O3. The van der Waals surface area contributed by atoms with Crippen LogP contribution in [-0.4, -0.2) is 37.1 Å². The number of nitrogens with zero attached hydrogens (tertiary/aromatic N) is 1. The Hall–Kier alpha value is -1.10. The van der Waals surface area contributed by atoms with E-state index in [1.807, 2.05) is 0 Å². The summed E-state index contributed by atoms with van der Waals surface area (Å²) >= 11 is 0. The third-order valence-corrected chi connectivity index (χ3v) is 2.29. The van der Waals surface area contributed by atoms with Crippen LogP contribution in [0.15, 0.2) is 0 Å². The third-order valence-electron chi connectivity index (χ3n) is 2.29. The zero-order chi connectivity index (χ0) is 11.6. The van der Waals surface area contributed by atoms with Gasteiger partial charge in [-0.25, -0.2) is 4.79 Å². The first kappa shape index (κ1) is 12.0. The Labute approximate surface area is 89.7 Å². The molecule has 0 aromatic rings. The van der Waals surface area contributed by atoms with E-state index in [2.05, 4.69) is 5.32 Å². The average Bonchev–Trinajstić information content (AvgIpc) is 2.07. The Morgan fingerprint density at radius 2 is 1.87 bits per heavy atom. The van der Waals surface area contributed by atoms with E-state index in [1.165, 1.54) is 5.06 Å². The predicted molar refractivity (Wildman–Crippen MR) is 54.7 cm³/mol. The SMILES string of the molecule is CNC(=O)C1CN(OC(=O)C(C)(C)C)C1. The first-order chi connectivity index (χ1) is 6.84. The summed E-state index contributed by atoms with van der Waals surface area (Å²) in [6.45, 7) is 6.37. The number of hydrogen-bond donors (Lipinski definition) is 1. The summed E-state index contributed by atoms with van der Waals surface area (Å²) in [6.07, 6.45) is 0. The Morgan fingerprint density at radius 1 is 1.33 bits per heavy atom. The van der Waals surface area contributed by atoms with Crippen molar-refractivity contribution in [1.82, 2.24) is 10.4 Å². The lowest BCUT2D eigenvalue weighted by Gasteiger charge is -2.37. The molecule has 86 valence electrons. The van der Waals surface area contributed by atoms with Gasteiger partial charge in [0.1, 0.15) is 0 Å². The Bertz CT molecular complexity index is 264. The number of hydrogen-bond acceptors (Lipinski definition) is 4. The smallest absolute Gasteiger partial charge is 0.330 e. The van der Waals surface area contributed by atoms with Gasteiger partial charge in [-0.15, -0.1) is 5.06 Å². The number of nitrogens with one attached hydrogen (secondary N) is 1. The van der Waals surface area contributed by atoms with Crippen molar-refractivity contribution in [2.24, 2.45) is 11.3 Å². The molecule has 0 aliphatic carbocycles. The number of rotatable bonds is 2. The van der Waals surface area contributed by atoms with E-state index < -0.39 is 5.41 Å². The minimum Gasteiger partial charge on any atom is -0.367 e. The maximum Gasteiger partial charge on any atom is 0.330 e. The van der Waals surface area contributed by atoms with E-state index in [-0.39, 0.29) is 17.8 Å². The lowest BCUT2D eigenvalue weighted by atomic mass is 9.97. The van der Waals surface area contributed by atoms with Gasteiger partial charge in [-0.2, -0.15) is 0 Å². The highest BCUT2D eigenvalue weighted by Crippen LogP contribution is 2.21. The monoisotopic (exact) mass is 214 g/mol. The summed E-state index contributed by atoms with van der Waals surface area (Å²) in [5.41, 5.74) is -0.502. The van der Waals surface area contributed by atoms with E-state index in [1.54, 1.807) is 27.8 Å². The molecule has 15 heavy (non-hydrogen) atoms. The maximum atomic E-state index is 11.4. The van der Waals surface area contributed by atoms with Gasteiger partial charge in [0.15, 0.2) is 0 Å². The van der Waals surface area contributed by atoms with E-state index in [0.717, 1.165) is 0 Å². The van der Waals surface area contributed by atoms with Gasteiger partial charge in [0.25, 0.3) is 0 Å². The maximum absolute atomic E-state index is 11.4. The Balaban J connectivity index is 2.29. The highest BCUT2D eigenvalue weighted by Gasteiger charge is 2.36. The zero-order valence-corrected chi connectivity index (χ0v) is 9.66. The molecule has 1 amide bonds. The van der Waals surface area contributed by atoms with Crippen LogP contribution in [-0.2, 0) is 14.4 Å². The van der Waals surface area contributed by atoms with E-state index in [4.69, 9.17) is 4.84 Å². The number of carbonyl (C=O) groups excluding carboxylic acids is 2. The molecule has 1 aliphatic rings. The summed E-state index contributed by atoms with van der Waals surface area (Å²) in [4.78, 5) is 27.7. The van der Waals surface area contributed by atoms with Crippen molar-refractivity contribution in [2.45, 2.75) is 20.8 Å². The molecule has 1 fully saturated rings. The van der Waals surface area contributed by atoms with Gasteiger partial charge in [0.05, 0.1) is 11.3 Å². The van der Waals surface area contributed by atoms with Crippen LogP contribution in [0.3, 0.4) is 0 Å². The van der Waals surface area contributed by atoms with Crippen LogP contribution < -0.4 is 5.32 Å². The van der Waals surface area contributed by atoms with Gasteiger partial charge in [0.2, 0.25) is 5.91 Å². The van der Waals surface area contributed by atoms with Gasteiger partial charge < -0.3 is 10.2 Å². The molecule has 0 spiro atoms. The van der Waals surface area contributed by atoms with E-state index in [9.17, 15) is 9.59 Å². The van der Waals surface area contributed by atoms with Gasteiger partial charge in [0, 0.05) is 20.1 Å². The molecule has 0 atom stereocenters. The molecule has 0 aromatic carbocycles. The fourth-order valence-electron chi connectivity index (χ4n) is 1.14. The standard InChI is InChI=1S/C10H18N2O3/c1-10(2,3)9(14)15-12-5-7(6-12)8(13)11-4/h7H,5-6H2,1-4H3,(H,11,13). The summed E-state index contributed by atoms with van der Waals surface area (Å²) in [5, 5.41) is 4.09. The van der Waals surface area contributed by atoms with Crippen molar-refractivity contribution in [1.29, 1.82) is 0 Å². The summed E-state index contributed by atoms with van der Waals surface area (Å²) in [6, 6.07) is 0. The Morgan fingerprint density at radius 3 is 2.27 bits per heavy atom. The van der Waals surface area contributed by atoms with Crippen LogP contribution in [0.4, 0.5) is 0 Å². The van der Waals surface area contributed by atoms with Crippen LogP contribution >= 0.6 is 0 Å². The first-order valence-corrected chi connectivity index (χ1v) is 5.03. The second-order valence-electron chi connectivity index (χ2n) is 4.79. The normalized spacial score (nSPS) is 18.1. The fraction of sp³-hybridized carbons (Fsp3) is 0.800. The van der Waals surface area contributed by atoms with Crippen LogP contribution in [0, 0.1) is 11.3 Å². The molecule has 5 nitrogen and oxygen atoms in total. The van der Waals surface area contributed by atoms with Gasteiger partial charge >= 0.3 is 5.97 Å². The quantitative estimate of drug-likeness (QED) is 0.712. The zero-order valence-electron chi connectivity index (χ0n) is 9.66. The van der Waals surface area contributed by atoms with Crippen LogP contribution in [0.5, 0.6) is 0 Å². The van der Waals surface area contributed by atoms with Crippen LogP contribution in [0.25, 0.3) is 0 Å². The van der Waals surface area contributed by atoms with Crippen LogP contribution in [0.2, 0.25) is 0 Å². The summed E-state index contributed by atoms with van der Waals surface area (Å²) < 4.78 is 0. The van der Waals surface area contributed by atoms with Crippen molar-refractivity contribution >= 4 is 11.9 Å². The van der Waals surface area contributed by atoms with Crippen molar-refractivity contribution in [3.05, 3.63) is 0 Å². The molecule has 0 aromatic heterocycles. The summed E-state index contributed by atoms with van der Waals surface area (Å²) in [7, 11) is 1.60. The van der Waals surface area contributed by atoms with Crippen molar-refractivity contribution in [2.75, 3.05) is 20.1 Å². The molecule has 0 bridgehead atoms. The average molecular weight is 214 g/mol. The minimum absolute atomic E-state index is 0.00180. The molecule has 0 radical (unpaired) electrons. The molecule has 1 aliphatic heterocycles. The molecule has 5 heteroatoms. The third kappa shape index (κ3) is 2.92. The topological polar surface area (TPSA) is 58.6 Å². The first-order valence-electron chi connectivity index (χ1n) is 5.03.